The van der Waals surface area contributed by atoms with Gasteiger partial charge in [-0.15, -0.1) is 0 Å². The van der Waals surface area contributed by atoms with E-state index in [1.807, 2.05) is 26.0 Å². The van der Waals surface area contributed by atoms with Crippen molar-refractivity contribution in [2.45, 2.75) is 32.2 Å². The number of rotatable bonds is 1. The molecule has 1 spiro atoms. The minimum atomic E-state index is -0.699. The van der Waals surface area contributed by atoms with Crippen LogP contribution in [0.2, 0.25) is 0 Å². The molecule has 2 heterocycles. The number of hydrogen-bond acceptors (Lipinski definition) is 4. The fourth-order valence-electron chi connectivity index (χ4n) is 3.63. The van der Waals surface area contributed by atoms with E-state index in [2.05, 4.69) is 15.9 Å². The van der Waals surface area contributed by atoms with Crippen molar-refractivity contribution in [1.29, 1.82) is 0 Å². The Balaban J connectivity index is 2.13. The first-order chi connectivity index (χ1) is 10.8. The van der Waals surface area contributed by atoms with Crippen LogP contribution in [0.3, 0.4) is 0 Å². The molecular formula is C17H21BrN2O3. The molecule has 6 heteroatoms. The Morgan fingerprint density at radius 2 is 1.78 bits per heavy atom. The van der Waals surface area contributed by atoms with Gasteiger partial charge in [0.1, 0.15) is 11.3 Å². The molecular weight excluding hydrogens is 360 g/mol. The van der Waals surface area contributed by atoms with Crippen molar-refractivity contribution in [2.75, 3.05) is 20.1 Å². The summed E-state index contributed by atoms with van der Waals surface area (Å²) < 4.78 is 0.917. The van der Waals surface area contributed by atoms with Gasteiger partial charge in [0.15, 0.2) is 0 Å². The van der Waals surface area contributed by atoms with E-state index in [1.165, 1.54) is 5.06 Å². The van der Waals surface area contributed by atoms with Gasteiger partial charge >= 0.3 is 0 Å². The molecule has 124 valence electrons. The van der Waals surface area contributed by atoms with Gasteiger partial charge < -0.3 is 15.2 Å². The molecule has 3 rings (SSSR count). The molecule has 0 aromatic heterocycles. The van der Waals surface area contributed by atoms with E-state index in [4.69, 9.17) is 0 Å². The third kappa shape index (κ3) is 2.40. The second-order valence-electron chi connectivity index (χ2n) is 6.49. The topological polar surface area (TPSA) is 64.0 Å². The zero-order chi connectivity index (χ0) is 16.9. The second kappa shape index (κ2) is 5.61. The van der Waals surface area contributed by atoms with Crippen LogP contribution < -0.4 is 0 Å². The van der Waals surface area contributed by atoms with Crippen molar-refractivity contribution < 1.29 is 15.1 Å². The predicted molar refractivity (Wildman–Crippen MR) is 91.3 cm³/mol. The number of halogens is 1. The summed E-state index contributed by atoms with van der Waals surface area (Å²) in [5.74, 6) is -0.0234. The second-order valence-corrected chi connectivity index (χ2v) is 7.34. The van der Waals surface area contributed by atoms with E-state index in [9.17, 15) is 15.1 Å². The van der Waals surface area contributed by atoms with Crippen molar-refractivity contribution in [1.82, 2.24) is 9.96 Å². The van der Waals surface area contributed by atoms with Crippen LogP contribution in [-0.4, -0.2) is 51.9 Å². The molecule has 0 bridgehead atoms. The quantitative estimate of drug-likeness (QED) is 0.785. The van der Waals surface area contributed by atoms with Crippen molar-refractivity contribution in [2.24, 2.45) is 0 Å². The number of hydrogen-bond donors (Lipinski definition) is 2. The zero-order valence-corrected chi connectivity index (χ0v) is 15.1. The summed E-state index contributed by atoms with van der Waals surface area (Å²) in [6.07, 6.45) is 1.04. The third-order valence-corrected chi connectivity index (χ3v) is 6.03. The Hall–Kier alpha value is -1.37. The molecule has 0 unspecified atom stereocenters. The molecule has 1 aromatic carbocycles. The maximum atomic E-state index is 12.8. The molecule has 0 aliphatic carbocycles. The number of aliphatic hydroxyl groups is 1. The molecule has 2 aliphatic heterocycles. The van der Waals surface area contributed by atoms with Crippen molar-refractivity contribution >= 4 is 27.4 Å². The van der Waals surface area contributed by atoms with Crippen LogP contribution in [0.4, 0.5) is 0 Å². The molecule has 1 amide bonds. The number of carbonyl (C=O) groups excluding carboxylic acids is 1. The first-order valence-electron chi connectivity index (χ1n) is 7.71. The fraction of sp³-hybridized carbons (Fsp3) is 0.471. The van der Waals surface area contributed by atoms with E-state index in [0.29, 0.717) is 31.5 Å². The minimum absolute atomic E-state index is 0.136. The number of nitrogens with zero attached hydrogens (tertiary/aromatic N) is 2. The first kappa shape index (κ1) is 16.5. The van der Waals surface area contributed by atoms with Gasteiger partial charge in [0.2, 0.25) is 0 Å². The van der Waals surface area contributed by atoms with Crippen LogP contribution in [-0.2, 0) is 4.79 Å². The molecule has 2 N–H and O–H groups in total. The maximum Gasteiger partial charge on any atom is 0.258 e. The lowest BCUT2D eigenvalue weighted by Gasteiger charge is -2.41. The number of piperidine rings is 1. The Labute approximate surface area is 144 Å². The van der Waals surface area contributed by atoms with E-state index in [1.54, 1.807) is 11.9 Å². The van der Waals surface area contributed by atoms with E-state index in [0.717, 1.165) is 21.2 Å². The summed E-state index contributed by atoms with van der Waals surface area (Å²) >= 11 is 3.51. The fourth-order valence-corrected chi connectivity index (χ4v) is 3.97. The van der Waals surface area contributed by atoms with Crippen molar-refractivity contribution in [3.8, 4) is 0 Å². The van der Waals surface area contributed by atoms with Crippen molar-refractivity contribution in [3.63, 3.8) is 0 Å². The SMILES string of the molecule is Cc1cc(C)c(C2=C(O)C3(CCN(O)CC3)N(C)C2=O)cc1Br. The average Bonchev–Trinajstić information content (AvgIpc) is 2.68. The first-order valence-corrected chi connectivity index (χ1v) is 8.50. The van der Waals surface area contributed by atoms with Gasteiger partial charge in [0.25, 0.3) is 5.91 Å². The molecule has 0 atom stereocenters. The summed E-state index contributed by atoms with van der Waals surface area (Å²) in [5, 5.41) is 21.8. The highest BCUT2D eigenvalue weighted by atomic mass is 79.9. The third-order valence-electron chi connectivity index (χ3n) is 5.18. The van der Waals surface area contributed by atoms with Gasteiger partial charge in [-0.05, 0) is 49.4 Å². The summed E-state index contributed by atoms with van der Waals surface area (Å²) in [5.41, 5.74) is 2.51. The van der Waals surface area contributed by atoms with Gasteiger partial charge in [-0.25, -0.2) is 0 Å². The summed E-state index contributed by atoms with van der Waals surface area (Å²) in [6, 6.07) is 3.91. The molecule has 1 saturated heterocycles. The van der Waals surface area contributed by atoms with Crippen LogP contribution in [0.5, 0.6) is 0 Å². The number of benzene rings is 1. The van der Waals surface area contributed by atoms with Gasteiger partial charge in [0, 0.05) is 24.6 Å². The number of aryl methyl sites for hydroxylation is 2. The Morgan fingerprint density at radius 3 is 2.39 bits per heavy atom. The highest BCUT2D eigenvalue weighted by molar-refractivity contribution is 9.10. The lowest BCUT2D eigenvalue weighted by atomic mass is 9.85. The zero-order valence-electron chi connectivity index (χ0n) is 13.6. The Bertz CT molecular complexity index is 706. The summed E-state index contributed by atoms with van der Waals surface area (Å²) in [4.78, 5) is 14.5. The number of carbonyl (C=O) groups is 1. The maximum absolute atomic E-state index is 12.8. The van der Waals surface area contributed by atoms with Crippen LogP contribution >= 0.6 is 15.9 Å². The molecule has 0 radical (unpaired) electrons. The van der Waals surface area contributed by atoms with Gasteiger partial charge in [-0.2, -0.15) is 5.06 Å². The molecule has 1 aromatic rings. The van der Waals surface area contributed by atoms with Gasteiger partial charge in [-0.3, -0.25) is 4.79 Å². The van der Waals surface area contributed by atoms with E-state index >= 15 is 0 Å². The smallest absolute Gasteiger partial charge is 0.258 e. The highest BCUT2D eigenvalue weighted by Gasteiger charge is 2.52. The Morgan fingerprint density at radius 1 is 1.17 bits per heavy atom. The summed E-state index contributed by atoms with van der Waals surface area (Å²) in [6.45, 7) is 4.82. The molecule has 2 aliphatic rings. The molecule has 23 heavy (non-hydrogen) atoms. The van der Waals surface area contributed by atoms with Crippen LogP contribution in [0.15, 0.2) is 22.4 Å². The van der Waals surface area contributed by atoms with Crippen LogP contribution in [0, 0.1) is 13.8 Å². The van der Waals surface area contributed by atoms with Crippen molar-refractivity contribution in [3.05, 3.63) is 39.1 Å². The summed E-state index contributed by atoms with van der Waals surface area (Å²) in [7, 11) is 1.73. The van der Waals surface area contributed by atoms with Crippen LogP contribution in [0.25, 0.3) is 5.57 Å². The normalized spacial score (nSPS) is 21.6. The molecule has 1 fully saturated rings. The van der Waals surface area contributed by atoms with Gasteiger partial charge in [0.05, 0.1) is 5.57 Å². The monoisotopic (exact) mass is 380 g/mol. The Kier molecular flexibility index (Phi) is 4.02. The standard InChI is InChI=1S/C17H21BrN2O3/c1-10-8-11(2)13(18)9-12(10)14-15(21)17(19(3)16(14)22)4-6-20(23)7-5-17/h8-9,21,23H,4-7H2,1-3H3. The van der Waals surface area contributed by atoms with Gasteiger partial charge in [-0.1, -0.05) is 22.0 Å². The largest absolute Gasteiger partial charge is 0.509 e. The average molecular weight is 381 g/mol. The predicted octanol–water partition coefficient (Wildman–Crippen LogP) is 3.03. The van der Waals surface area contributed by atoms with Crippen LogP contribution in [0.1, 0.15) is 29.5 Å². The minimum Gasteiger partial charge on any atom is -0.509 e. The number of likely N-dealkylation sites (N-methyl/N-ethyl adjacent to an activating group) is 1. The molecule has 0 saturated carbocycles. The number of amides is 1. The number of aliphatic hydroxyl groups excluding tert-OH is 1. The van der Waals surface area contributed by atoms with E-state index in [-0.39, 0.29) is 11.7 Å². The highest BCUT2D eigenvalue weighted by Crippen LogP contribution is 2.45. The lowest BCUT2D eigenvalue weighted by molar-refractivity contribution is -0.141. The molecule has 5 nitrogen and oxygen atoms in total. The van der Waals surface area contributed by atoms with E-state index < -0.39 is 5.54 Å². The number of hydroxylamine groups is 2. The lowest BCUT2D eigenvalue weighted by Crippen LogP contribution is -2.53.